The average molecular weight is 540 g/mol. The smallest absolute Gasteiger partial charge is 0.124 e. The Kier molecular flexibility index (Phi) is 7.79. The summed E-state index contributed by atoms with van der Waals surface area (Å²) in [5, 5.41) is 4.46. The van der Waals surface area contributed by atoms with Crippen LogP contribution in [0.25, 0.3) is 0 Å². The van der Waals surface area contributed by atoms with Crippen LogP contribution < -0.4 is 15.0 Å². The third-order valence-corrected chi connectivity index (χ3v) is 6.35. The van der Waals surface area contributed by atoms with Gasteiger partial charge in [-0.05, 0) is 48.5 Å². The number of morpholine rings is 1. The number of hydrogen-bond acceptors (Lipinski definition) is 4. The minimum absolute atomic E-state index is 0.244. The van der Waals surface area contributed by atoms with Crippen molar-refractivity contribution in [1.29, 1.82) is 0 Å². The van der Waals surface area contributed by atoms with Gasteiger partial charge in [-0.1, -0.05) is 45.2 Å². The Morgan fingerprint density at radius 3 is 2.53 bits per heavy atom. The molecule has 1 aliphatic rings. The molecule has 8 heteroatoms. The van der Waals surface area contributed by atoms with E-state index >= 15 is 0 Å². The maximum Gasteiger partial charge on any atom is 0.124 e. The van der Waals surface area contributed by atoms with Crippen LogP contribution in [0.5, 0.6) is 5.75 Å². The number of hydrogen-bond donors (Lipinski definition) is 1. The molecule has 1 heterocycles. The summed E-state index contributed by atoms with van der Waals surface area (Å²) in [7, 11) is 0. The van der Waals surface area contributed by atoms with E-state index in [1.165, 1.54) is 12.1 Å². The van der Waals surface area contributed by atoms with Crippen LogP contribution in [0.15, 0.2) is 59.1 Å². The van der Waals surface area contributed by atoms with Crippen LogP contribution in [0.4, 0.5) is 15.8 Å². The minimum atomic E-state index is -0.370. The Hall–Kier alpha value is -1.99. The Balaban J connectivity index is 1.43. The Morgan fingerprint density at radius 2 is 1.78 bits per heavy atom. The van der Waals surface area contributed by atoms with Gasteiger partial charge in [0.25, 0.3) is 0 Å². The number of anilines is 2. The first-order valence-electron chi connectivity index (χ1n) is 10.2. The van der Waals surface area contributed by atoms with Gasteiger partial charge in [0.15, 0.2) is 0 Å². The molecular formula is C24H22BrCl2FN2O2. The van der Waals surface area contributed by atoms with Crippen molar-refractivity contribution in [1.82, 2.24) is 0 Å². The second-order valence-electron chi connectivity index (χ2n) is 7.40. The lowest BCUT2D eigenvalue weighted by molar-refractivity contribution is 0.122. The highest BCUT2D eigenvalue weighted by molar-refractivity contribution is 9.10. The van der Waals surface area contributed by atoms with E-state index < -0.39 is 0 Å². The van der Waals surface area contributed by atoms with Crippen LogP contribution in [0.3, 0.4) is 0 Å². The van der Waals surface area contributed by atoms with E-state index in [0.29, 0.717) is 29.8 Å². The fourth-order valence-electron chi connectivity index (χ4n) is 3.50. The molecule has 1 aliphatic heterocycles. The predicted octanol–water partition coefficient (Wildman–Crippen LogP) is 6.92. The molecule has 0 aliphatic carbocycles. The first-order chi connectivity index (χ1) is 15.5. The molecule has 4 rings (SSSR count). The first kappa shape index (κ1) is 23.2. The predicted molar refractivity (Wildman–Crippen MR) is 132 cm³/mol. The third-order valence-electron chi connectivity index (χ3n) is 5.20. The van der Waals surface area contributed by atoms with Gasteiger partial charge < -0.3 is 19.7 Å². The molecule has 0 bridgehead atoms. The number of halogens is 4. The quantitative estimate of drug-likeness (QED) is 0.353. The average Bonchev–Trinajstić information content (AvgIpc) is 2.78. The normalized spacial score (nSPS) is 13.8. The molecule has 4 nitrogen and oxygen atoms in total. The van der Waals surface area contributed by atoms with E-state index in [1.54, 1.807) is 6.07 Å². The fraction of sp³-hybridized carbons (Fsp3) is 0.250. The van der Waals surface area contributed by atoms with Gasteiger partial charge in [-0.2, -0.15) is 0 Å². The van der Waals surface area contributed by atoms with E-state index in [0.717, 1.165) is 45.8 Å². The molecule has 1 N–H and O–H groups in total. The number of nitrogens with one attached hydrogen (secondary N) is 1. The summed E-state index contributed by atoms with van der Waals surface area (Å²) in [4.78, 5) is 2.23. The third kappa shape index (κ3) is 5.87. The summed E-state index contributed by atoms with van der Waals surface area (Å²) in [6, 6.07) is 16.1. The lowest BCUT2D eigenvalue weighted by Gasteiger charge is -2.29. The molecule has 168 valence electrons. The first-order valence-corrected chi connectivity index (χ1v) is 11.8. The standard InChI is InChI=1S/C24H22BrCl2FN2O2/c25-18-2-6-24(32-15-16-1-3-19(28)12-21(16)26)17(11-18)14-29-20-4-5-23(22(27)13-20)30-7-9-31-10-8-30/h1-6,11-13,29H,7-10,14-15H2. The number of benzene rings is 3. The zero-order valence-electron chi connectivity index (χ0n) is 17.2. The molecule has 32 heavy (non-hydrogen) atoms. The van der Waals surface area contributed by atoms with Crippen LogP contribution in [-0.2, 0) is 17.9 Å². The van der Waals surface area contributed by atoms with Crippen molar-refractivity contribution >= 4 is 50.5 Å². The molecule has 0 radical (unpaired) electrons. The van der Waals surface area contributed by atoms with Crippen LogP contribution in [0.2, 0.25) is 10.0 Å². The van der Waals surface area contributed by atoms with Crippen LogP contribution in [-0.4, -0.2) is 26.3 Å². The molecule has 0 saturated carbocycles. The van der Waals surface area contributed by atoms with Gasteiger partial charge in [-0.25, -0.2) is 4.39 Å². The molecule has 3 aromatic rings. The summed E-state index contributed by atoms with van der Waals surface area (Å²) in [6.07, 6.45) is 0. The van der Waals surface area contributed by atoms with E-state index in [2.05, 4.69) is 26.1 Å². The summed E-state index contributed by atoms with van der Waals surface area (Å²) in [5.74, 6) is 0.350. The summed E-state index contributed by atoms with van der Waals surface area (Å²) < 4.78 is 25.6. The number of ether oxygens (including phenoxy) is 2. The van der Waals surface area contributed by atoms with E-state index in [-0.39, 0.29) is 12.4 Å². The number of nitrogens with zero attached hydrogens (tertiary/aromatic N) is 1. The van der Waals surface area contributed by atoms with Crippen molar-refractivity contribution in [2.45, 2.75) is 13.2 Å². The summed E-state index contributed by atoms with van der Waals surface area (Å²) in [6.45, 7) is 3.88. The van der Waals surface area contributed by atoms with Gasteiger partial charge in [0.2, 0.25) is 0 Å². The highest BCUT2D eigenvalue weighted by Crippen LogP contribution is 2.31. The van der Waals surface area contributed by atoms with Gasteiger partial charge in [-0.3, -0.25) is 0 Å². The van der Waals surface area contributed by atoms with Gasteiger partial charge >= 0.3 is 0 Å². The van der Waals surface area contributed by atoms with Crippen molar-refractivity contribution < 1.29 is 13.9 Å². The van der Waals surface area contributed by atoms with Crippen molar-refractivity contribution in [3.05, 3.63) is 86.1 Å². The van der Waals surface area contributed by atoms with Gasteiger partial charge in [0, 0.05) is 40.9 Å². The largest absolute Gasteiger partial charge is 0.488 e. The van der Waals surface area contributed by atoms with Crippen molar-refractivity contribution in [3.8, 4) is 5.75 Å². The van der Waals surface area contributed by atoms with Crippen LogP contribution in [0, 0.1) is 5.82 Å². The second-order valence-corrected chi connectivity index (χ2v) is 9.13. The topological polar surface area (TPSA) is 33.7 Å². The van der Waals surface area contributed by atoms with Crippen LogP contribution >= 0.6 is 39.1 Å². The molecule has 0 unspecified atom stereocenters. The Bertz CT molecular complexity index is 1090. The lowest BCUT2D eigenvalue weighted by atomic mass is 10.2. The van der Waals surface area contributed by atoms with Gasteiger partial charge in [-0.15, -0.1) is 0 Å². The zero-order chi connectivity index (χ0) is 22.5. The molecule has 3 aromatic carbocycles. The zero-order valence-corrected chi connectivity index (χ0v) is 20.3. The molecule has 0 atom stereocenters. The fourth-order valence-corrected chi connectivity index (χ4v) is 4.43. The summed E-state index contributed by atoms with van der Waals surface area (Å²) >= 11 is 16.2. The monoisotopic (exact) mass is 538 g/mol. The SMILES string of the molecule is Fc1ccc(COc2ccc(Br)cc2CNc2ccc(N3CCOCC3)c(Cl)c2)c(Cl)c1. The molecule has 1 saturated heterocycles. The van der Waals surface area contributed by atoms with Crippen molar-refractivity contribution in [3.63, 3.8) is 0 Å². The van der Waals surface area contributed by atoms with E-state index in [4.69, 9.17) is 32.7 Å². The number of rotatable bonds is 7. The van der Waals surface area contributed by atoms with Gasteiger partial charge in [0.05, 0.1) is 28.9 Å². The van der Waals surface area contributed by atoms with Crippen LogP contribution in [0.1, 0.15) is 11.1 Å². The van der Waals surface area contributed by atoms with Crippen molar-refractivity contribution in [2.75, 3.05) is 36.5 Å². The Morgan fingerprint density at radius 1 is 0.969 bits per heavy atom. The molecule has 1 fully saturated rings. The van der Waals surface area contributed by atoms with Crippen molar-refractivity contribution in [2.24, 2.45) is 0 Å². The summed E-state index contributed by atoms with van der Waals surface area (Å²) in [5.41, 5.74) is 3.62. The lowest BCUT2D eigenvalue weighted by Crippen LogP contribution is -2.36. The highest BCUT2D eigenvalue weighted by Gasteiger charge is 2.15. The van der Waals surface area contributed by atoms with E-state index in [1.807, 2.05) is 36.4 Å². The highest BCUT2D eigenvalue weighted by atomic mass is 79.9. The molecule has 0 aromatic heterocycles. The minimum Gasteiger partial charge on any atom is -0.488 e. The maximum absolute atomic E-state index is 13.3. The molecule has 0 amide bonds. The maximum atomic E-state index is 13.3. The molecular weight excluding hydrogens is 518 g/mol. The Labute approximate surface area is 205 Å². The van der Waals surface area contributed by atoms with E-state index in [9.17, 15) is 4.39 Å². The van der Waals surface area contributed by atoms with Gasteiger partial charge in [0.1, 0.15) is 18.2 Å². The molecule has 0 spiro atoms. The second kappa shape index (κ2) is 10.8.